The van der Waals surface area contributed by atoms with E-state index in [0.29, 0.717) is 5.78 Å². The molecule has 1 radical (unpaired) electrons. The van der Waals surface area contributed by atoms with Gasteiger partial charge in [-0.25, -0.2) is 0 Å². The van der Waals surface area contributed by atoms with E-state index in [2.05, 4.69) is 121 Å². The molecule has 59 heavy (non-hydrogen) atoms. The van der Waals surface area contributed by atoms with Crippen LogP contribution in [0.4, 0.5) is 0 Å². The average molecular weight is 846 g/mol. The van der Waals surface area contributed by atoms with Gasteiger partial charge in [-0.05, 0) is 129 Å². The van der Waals surface area contributed by atoms with Crippen molar-refractivity contribution in [3.8, 4) is 0 Å². The predicted molar refractivity (Wildman–Crippen MR) is 268 cm³/mol. The Morgan fingerprint density at radius 2 is 1.22 bits per heavy atom. The highest BCUT2D eigenvalue weighted by molar-refractivity contribution is 7.81. The van der Waals surface area contributed by atoms with Crippen molar-refractivity contribution in [3.05, 3.63) is 29.3 Å². The largest absolute Gasteiger partial charge is 0.460 e. The lowest BCUT2D eigenvalue weighted by Gasteiger charge is -2.38. The van der Waals surface area contributed by atoms with Crippen molar-refractivity contribution in [1.82, 2.24) is 0 Å². The topological polar surface area (TPSA) is 52.6 Å². The molecule has 1 aromatic rings. The maximum Gasteiger partial charge on any atom is 0.330 e. The molecule has 0 amide bonds. The minimum atomic E-state index is -0.398. The van der Waals surface area contributed by atoms with Gasteiger partial charge < -0.3 is 9.39 Å². The van der Waals surface area contributed by atoms with Crippen LogP contribution in [-0.2, 0) is 24.4 Å². The fourth-order valence-corrected chi connectivity index (χ4v) is 6.33. The number of benzene rings is 1. The number of esters is 1. The lowest BCUT2D eigenvalue weighted by Crippen LogP contribution is -2.46. The van der Waals surface area contributed by atoms with Crippen LogP contribution in [0.5, 0.6) is 0 Å². The Hall–Kier alpha value is -1.27. The van der Waals surface area contributed by atoms with Crippen LogP contribution in [0, 0.1) is 36.0 Å². The second kappa shape index (κ2) is 30.7. The summed E-state index contributed by atoms with van der Waals surface area (Å²) in [6.45, 7) is 46.2. The van der Waals surface area contributed by atoms with Crippen molar-refractivity contribution in [2.45, 2.75) is 264 Å². The summed E-state index contributed by atoms with van der Waals surface area (Å²) in [4.78, 5) is 24.5. The van der Waals surface area contributed by atoms with E-state index in [-0.39, 0.29) is 33.6 Å². The lowest BCUT2D eigenvalue weighted by atomic mass is 9.66. The van der Waals surface area contributed by atoms with E-state index >= 15 is 0 Å². The molecule has 0 bridgehead atoms. The molecule has 0 spiro atoms. The summed E-state index contributed by atoms with van der Waals surface area (Å²) in [6.07, 6.45) is 17.2. The third-order valence-corrected chi connectivity index (χ3v) is 12.6. The number of thiol groups is 1. The van der Waals surface area contributed by atoms with E-state index in [9.17, 15) is 9.59 Å². The molecular weight excluding hydrogens is 743 g/mol. The first-order chi connectivity index (χ1) is 27.1. The van der Waals surface area contributed by atoms with Gasteiger partial charge in [-0.15, -0.1) is 0 Å². The van der Waals surface area contributed by atoms with Crippen LogP contribution in [0.3, 0.4) is 0 Å². The van der Waals surface area contributed by atoms with E-state index in [0.717, 1.165) is 60.4 Å². The fraction of sp³-hybridized carbons (Fsp3) is 0.849. The minimum absolute atomic E-state index is 0.0224. The van der Waals surface area contributed by atoms with Crippen molar-refractivity contribution < 1.29 is 19.0 Å². The number of Topliss-reactive ketones (excluding diaryl/α,β-unsaturated/α-hetero) is 1. The molecule has 0 aliphatic heterocycles. The van der Waals surface area contributed by atoms with Gasteiger partial charge in [-0.1, -0.05) is 166 Å². The predicted octanol–water partition coefficient (Wildman–Crippen LogP) is 16.0. The third kappa shape index (κ3) is 26.7. The van der Waals surface area contributed by atoms with Crippen LogP contribution in [0.25, 0.3) is 0 Å². The second-order valence-electron chi connectivity index (χ2n) is 20.7. The Morgan fingerprint density at radius 1 is 0.780 bits per heavy atom. The highest BCUT2D eigenvalue weighted by Gasteiger charge is 2.40. The van der Waals surface area contributed by atoms with Gasteiger partial charge in [0.2, 0.25) is 0 Å². The zero-order valence-electron chi connectivity index (χ0n) is 43.6. The fourth-order valence-electron chi connectivity index (χ4n) is 6.28. The van der Waals surface area contributed by atoms with Gasteiger partial charge in [0, 0.05) is 10.7 Å². The molecule has 0 N–H and O–H groups in total. The van der Waals surface area contributed by atoms with Crippen LogP contribution >= 0.6 is 12.6 Å². The van der Waals surface area contributed by atoms with Gasteiger partial charge in [0.25, 0.3) is 0 Å². The van der Waals surface area contributed by atoms with Gasteiger partial charge in [0.05, 0.1) is 16.9 Å². The normalized spacial score (nSPS) is 17.2. The second-order valence-corrected chi connectivity index (χ2v) is 21.8. The number of ether oxygens (including phenoxy) is 1. The van der Waals surface area contributed by atoms with Gasteiger partial charge in [-0.3, -0.25) is 9.59 Å². The zero-order valence-corrected chi connectivity index (χ0v) is 44.5. The third-order valence-electron chi connectivity index (χ3n) is 12.1. The number of hydrogen-bond donors (Lipinski definition) is 1. The lowest BCUT2D eigenvalue weighted by molar-refractivity contribution is -0.159. The van der Waals surface area contributed by atoms with E-state index in [4.69, 9.17) is 9.39 Å². The van der Waals surface area contributed by atoms with Crippen LogP contribution < -0.4 is 5.46 Å². The molecule has 1 atom stereocenters. The summed E-state index contributed by atoms with van der Waals surface area (Å²) in [5.41, 5.74) is 3.03. The van der Waals surface area contributed by atoms with E-state index in [1.54, 1.807) is 0 Å². The molecule has 3 rings (SSSR count). The first-order valence-corrected chi connectivity index (χ1v) is 24.6. The number of ketones is 1. The Bertz CT molecular complexity index is 1210. The zero-order chi connectivity index (χ0) is 46.8. The van der Waals surface area contributed by atoms with Gasteiger partial charge in [-0.2, -0.15) is 12.6 Å². The van der Waals surface area contributed by atoms with Crippen LogP contribution in [0.2, 0.25) is 0 Å². The molecule has 2 aliphatic carbocycles. The summed E-state index contributed by atoms with van der Waals surface area (Å²) in [5.74, 6) is 2.41. The number of carbonyl (C=O) groups is 2. The number of hydrogen-bond acceptors (Lipinski definition) is 5. The van der Waals surface area contributed by atoms with Crippen molar-refractivity contribution in [2.75, 3.05) is 0 Å². The molecule has 0 saturated heterocycles. The maximum atomic E-state index is 13.3. The number of carbonyl (C=O) groups excluding carboxylic acids is 2. The summed E-state index contributed by atoms with van der Waals surface area (Å²) in [7, 11) is 1.82. The Balaban J connectivity index is -0.000000810. The Labute approximate surface area is 376 Å². The highest BCUT2D eigenvalue weighted by atomic mass is 32.1. The monoisotopic (exact) mass is 846 g/mol. The van der Waals surface area contributed by atoms with E-state index in [1.165, 1.54) is 63.4 Å². The first-order valence-electron chi connectivity index (χ1n) is 24.2. The van der Waals surface area contributed by atoms with Crippen LogP contribution in [-0.4, -0.2) is 35.2 Å². The van der Waals surface area contributed by atoms with Gasteiger partial charge in [0.1, 0.15) is 11.4 Å². The molecule has 0 heterocycles. The average Bonchev–Trinajstić information content (AvgIpc) is 3.90. The Kier molecular flexibility index (Phi) is 32.3. The maximum absolute atomic E-state index is 13.3. The van der Waals surface area contributed by atoms with Crippen LogP contribution in [0.15, 0.2) is 18.2 Å². The van der Waals surface area contributed by atoms with Crippen molar-refractivity contribution in [2.24, 2.45) is 29.1 Å². The van der Waals surface area contributed by atoms with Gasteiger partial charge in [0.15, 0.2) is 0 Å². The molecule has 347 valence electrons. The summed E-state index contributed by atoms with van der Waals surface area (Å²) >= 11 is 4.66. The van der Waals surface area contributed by atoms with Crippen molar-refractivity contribution in [1.29, 1.82) is 0 Å². The molecule has 2 fully saturated rings. The van der Waals surface area contributed by atoms with Crippen molar-refractivity contribution in [3.63, 3.8) is 0 Å². The first kappa shape index (κ1) is 62.0. The number of unbranched alkanes of at least 4 members (excludes halogenated alkanes) is 2. The summed E-state index contributed by atoms with van der Waals surface area (Å²) in [6, 6.07) is 6.37. The molecule has 6 heteroatoms. The summed E-state index contributed by atoms with van der Waals surface area (Å²) in [5, 5.41) is 0. The number of rotatable bonds is 16. The molecule has 0 aromatic heterocycles. The SMILES string of the molecule is CC1CC(C)C1.CCC(C)C(=O)OC(C)(C)C.CCC1(C)CC1.CCCC.CCCC.CCCC(CCC)(C(=O)C(C)C)c1ccc([B]OC(C)(C)C(C)(C)S)cc1C. The van der Waals surface area contributed by atoms with E-state index in [1.807, 2.05) is 69.8 Å². The number of aryl methyl sites for hydroxylation is 1. The van der Waals surface area contributed by atoms with Crippen LogP contribution in [0.1, 0.15) is 246 Å². The Morgan fingerprint density at radius 3 is 1.46 bits per heavy atom. The molecule has 2 saturated carbocycles. The summed E-state index contributed by atoms with van der Waals surface area (Å²) < 4.78 is 11.0. The highest BCUT2D eigenvalue weighted by Crippen LogP contribution is 2.47. The standard InChI is InChI=1S/C24H40BO2S.C9H18O2.2C6H12.2C4H10/c1-10-14-24(15-11-2,21(26)17(3)4)20-13-12-19(16-18(20)5)25-27-22(6,7)23(8,9)28;1-6-7(2)8(10)11-9(3,4)5;1-5-3-6(2)4-5;1-3-6(2)4-5-6;2*1-3-4-2/h12-13,16-17,28H,10-11,14-15H2,1-9H3;7H,6H2,1-5H3;5-6H,3-4H2,1-2H3;3-5H2,1-2H3;2*3-4H2,1-2H3. The van der Waals surface area contributed by atoms with Crippen molar-refractivity contribution >= 4 is 37.3 Å². The molecule has 1 aromatic carbocycles. The van der Waals surface area contributed by atoms with Gasteiger partial charge >= 0.3 is 13.5 Å². The minimum Gasteiger partial charge on any atom is -0.460 e. The van der Waals surface area contributed by atoms with E-state index < -0.39 is 5.60 Å². The molecule has 4 nitrogen and oxygen atoms in total. The molecule has 2 aliphatic rings. The smallest absolute Gasteiger partial charge is 0.330 e. The molecular formula is C53H102BO4S. The molecule has 1 unspecified atom stereocenters. The quantitative estimate of drug-likeness (QED) is 0.102.